The molecule has 0 atom stereocenters. The molecule has 3 aromatic rings. The largest absolute Gasteiger partial charge is 0.478 e. The van der Waals surface area contributed by atoms with Gasteiger partial charge in [-0.2, -0.15) is 0 Å². The van der Waals surface area contributed by atoms with Gasteiger partial charge in [-0.05, 0) is 91.0 Å². The Morgan fingerprint density at radius 1 is 0.941 bits per heavy atom. The summed E-state index contributed by atoms with van der Waals surface area (Å²) >= 11 is 3.44. The van der Waals surface area contributed by atoms with Gasteiger partial charge in [0.1, 0.15) is 11.5 Å². The first-order valence-electron chi connectivity index (χ1n) is 11.7. The molecule has 1 heterocycles. The minimum Gasteiger partial charge on any atom is -0.478 e. The fourth-order valence-electron chi connectivity index (χ4n) is 4.26. The molecule has 5 nitrogen and oxygen atoms in total. The second-order valence-corrected chi connectivity index (χ2v) is 10.3. The number of nitrogens with one attached hydrogen (secondary N) is 1. The van der Waals surface area contributed by atoms with E-state index in [4.69, 9.17) is 9.84 Å². The van der Waals surface area contributed by atoms with Crippen molar-refractivity contribution >= 4 is 21.9 Å². The highest BCUT2D eigenvalue weighted by atomic mass is 79.9. The number of ether oxygens (including phenoxy) is 1. The van der Waals surface area contributed by atoms with Gasteiger partial charge in [-0.3, -0.25) is 4.90 Å². The third-order valence-corrected chi connectivity index (χ3v) is 7.05. The summed E-state index contributed by atoms with van der Waals surface area (Å²) < 4.78 is 6.96. The molecule has 6 heteroatoms. The number of benzene rings is 3. The second-order valence-electron chi connectivity index (χ2n) is 9.39. The number of piperidine rings is 1. The maximum atomic E-state index is 11.0. The molecule has 1 aliphatic rings. The number of hydrogen-bond acceptors (Lipinski definition) is 4. The standard InChI is InChI=1S/C28H31BrN2O3/c1-28(20-30-18-21-2-6-23(7-3-21)27(32)33)14-16-31(17-15-28)19-22-4-10-25(11-5-22)34-26-12-8-24(29)9-13-26/h2-13,30H,14-20H2,1H3,(H,32,33). The summed E-state index contributed by atoms with van der Waals surface area (Å²) in [5, 5.41) is 12.6. The Balaban J connectivity index is 1.20. The SMILES string of the molecule is CC1(CNCc2ccc(C(=O)O)cc2)CCN(Cc2ccc(Oc3ccc(Br)cc3)cc2)CC1. The van der Waals surface area contributed by atoms with E-state index >= 15 is 0 Å². The van der Waals surface area contributed by atoms with Crippen molar-refractivity contribution in [2.24, 2.45) is 5.41 Å². The number of halogens is 1. The molecule has 0 radical (unpaired) electrons. The highest BCUT2D eigenvalue weighted by Gasteiger charge is 2.29. The Kier molecular flexibility index (Phi) is 8.03. The maximum absolute atomic E-state index is 11.0. The van der Waals surface area contributed by atoms with Crippen molar-refractivity contribution in [1.82, 2.24) is 10.2 Å². The van der Waals surface area contributed by atoms with Crippen molar-refractivity contribution in [3.8, 4) is 11.5 Å². The van der Waals surface area contributed by atoms with Crippen LogP contribution in [0.15, 0.2) is 77.3 Å². The van der Waals surface area contributed by atoms with Crippen molar-refractivity contribution in [3.05, 3.63) is 94.0 Å². The summed E-state index contributed by atoms with van der Waals surface area (Å²) in [6.07, 6.45) is 2.31. The molecule has 1 saturated heterocycles. The molecule has 0 aliphatic carbocycles. The van der Waals surface area contributed by atoms with Crippen molar-refractivity contribution in [2.45, 2.75) is 32.9 Å². The molecule has 34 heavy (non-hydrogen) atoms. The molecule has 0 amide bonds. The minimum atomic E-state index is -0.885. The second kappa shape index (κ2) is 11.2. The first-order chi connectivity index (χ1) is 16.4. The predicted octanol–water partition coefficient (Wildman–Crippen LogP) is 6.33. The third-order valence-electron chi connectivity index (χ3n) is 6.52. The van der Waals surface area contributed by atoms with E-state index in [9.17, 15) is 4.79 Å². The summed E-state index contributed by atoms with van der Waals surface area (Å²) in [6, 6.07) is 23.3. The number of carbonyl (C=O) groups is 1. The van der Waals surface area contributed by atoms with Crippen LogP contribution in [0.2, 0.25) is 0 Å². The van der Waals surface area contributed by atoms with Crippen LogP contribution in [0.1, 0.15) is 41.3 Å². The summed E-state index contributed by atoms with van der Waals surface area (Å²) in [5.74, 6) is 0.793. The van der Waals surface area contributed by atoms with E-state index in [-0.39, 0.29) is 5.41 Å². The van der Waals surface area contributed by atoms with Gasteiger partial charge in [-0.25, -0.2) is 4.79 Å². The van der Waals surface area contributed by atoms with E-state index in [1.807, 2.05) is 48.5 Å². The lowest BCUT2D eigenvalue weighted by Crippen LogP contribution is -2.43. The van der Waals surface area contributed by atoms with Crippen molar-refractivity contribution in [3.63, 3.8) is 0 Å². The Labute approximate surface area is 209 Å². The normalized spacial score (nSPS) is 15.7. The Morgan fingerprint density at radius 2 is 1.50 bits per heavy atom. The zero-order valence-corrected chi connectivity index (χ0v) is 21.1. The topological polar surface area (TPSA) is 61.8 Å². The van der Waals surface area contributed by atoms with Gasteiger partial charge >= 0.3 is 5.97 Å². The van der Waals surface area contributed by atoms with Crippen LogP contribution in [0, 0.1) is 5.41 Å². The Hall–Kier alpha value is -2.67. The van der Waals surface area contributed by atoms with Gasteiger partial charge in [0.2, 0.25) is 0 Å². The smallest absolute Gasteiger partial charge is 0.335 e. The fraction of sp³-hybridized carbons (Fsp3) is 0.321. The Morgan fingerprint density at radius 3 is 2.09 bits per heavy atom. The van der Waals surface area contributed by atoms with Crippen LogP contribution in [0.4, 0.5) is 0 Å². The quantitative estimate of drug-likeness (QED) is 0.343. The lowest BCUT2D eigenvalue weighted by atomic mass is 9.80. The monoisotopic (exact) mass is 522 g/mol. The maximum Gasteiger partial charge on any atom is 0.335 e. The zero-order chi connectivity index (χ0) is 24.0. The van der Waals surface area contributed by atoms with Crippen LogP contribution < -0.4 is 10.1 Å². The van der Waals surface area contributed by atoms with Gasteiger partial charge in [0.25, 0.3) is 0 Å². The number of rotatable bonds is 9. The van der Waals surface area contributed by atoms with E-state index in [1.165, 1.54) is 5.56 Å². The van der Waals surface area contributed by atoms with E-state index in [1.54, 1.807) is 12.1 Å². The lowest BCUT2D eigenvalue weighted by molar-refractivity contribution is 0.0697. The first kappa shape index (κ1) is 24.5. The van der Waals surface area contributed by atoms with Crippen molar-refractivity contribution in [1.29, 1.82) is 0 Å². The van der Waals surface area contributed by atoms with Gasteiger partial charge in [0, 0.05) is 24.1 Å². The number of carboxylic acid groups (broad SMARTS) is 1. The average Bonchev–Trinajstić information content (AvgIpc) is 2.84. The molecule has 1 fully saturated rings. The summed E-state index contributed by atoms with van der Waals surface area (Å²) in [4.78, 5) is 13.5. The van der Waals surface area contributed by atoms with Crippen LogP contribution in [0.3, 0.4) is 0 Å². The number of aromatic carboxylic acids is 1. The van der Waals surface area contributed by atoms with Gasteiger partial charge in [-0.15, -0.1) is 0 Å². The molecule has 4 rings (SSSR count). The average molecular weight is 523 g/mol. The molecule has 0 bridgehead atoms. The zero-order valence-electron chi connectivity index (χ0n) is 19.5. The summed E-state index contributed by atoms with van der Waals surface area (Å²) in [7, 11) is 0. The molecule has 0 spiro atoms. The van der Waals surface area contributed by atoms with E-state index in [0.717, 1.165) is 67.1 Å². The van der Waals surface area contributed by atoms with Gasteiger partial charge in [-0.1, -0.05) is 47.1 Å². The summed E-state index contributed by atoms with van der Waals surface area (Å²) in [6.45, 7) is 7.21. The third kappa shape index (κ3) is 6.92. The van der Waals surface area contributed by atoms with E-state index < -0.39 is 5.97 Å². The van der Waals surface area contributed by atoms with E-state index in [2.05, 4.69) is 45.2 Å². The molecular weight excluding hydrogens is 492 g/mol. The molecular formula is C28H31BrN2O3. The molecule has 2 N–H and O–H groups in total. The van der Waals surface area contributed by atoms with Crippen LogP contribution in [0.5, 0.6) is 11.5 Å². The van der Waals surface area contributed by atoms with Crippen LogP contribution in [-0.4, -0.2) is 35.6 Å². The lowest BCUT2D eigenvalue weighted by Gasteiger charge is -2.39. The molecule has 0 unspecified atom stereocenters. The van der Waals surface area contributed by atoms with Gasteiger partial charge in [0.05, 0.1) is 5.56 Å². The Bertz CT molecular complexity index is 1070. The highest BCUT2D eigenvalue weighted by molar-refractivity contribution is 9.10. The number of nitrogens with zero attached hydrogens (tertiary/aromatic N) is 1. The van der Waals surface area contributed by atoms with E-state index in [0.29, 0.717) is 5.56 Å². The van der Waals surface area contributed by atoms with Gasteiger partial charge in [0.15, 0.2) is 0 Å². The first-order valence-corrected chi connectivity index (χ1v) is 12.5. The molecule has 0 aromatic heterocycles. The predicted molar refractivity (Wildman–Crippen MR) is 138 cm³/mol. The van der Waals surface area contributed by atoms with Crippen molar-refractivity contribution in [2.75, 3.05) is 19.6 Å². The molecule has 3 aromatic carbocycles. The molecule has 1 aliphatic heterocycles. The fourth-order valence-corrected chi connectivity index (χ4v) is 4.53. The number of carboxylic acids is 1. The van der Waals surface area contributed by atoms with Crippen LogP contribution >= 0.6 is 15.9 Å². The summed E-state index contributed by atoms with van der Waals surface area (Å²) in [5.41, 5.74) is 3.02. The van der Waals surface area contributed by atoms with Crippen molar-refractivity contribution < 1.29 is 14.6 Å². The molecule has 178 valence electrons. The number of likely N-dealkylation sites (tertiary alicyclic amines) is 1. The highest BCUT2D eigenvalue weighted by Crippen LogP contribution is 2.31. The number of hydrogen-bond donors (Lipinski definition) is 2. The van der Waals surface area contributed by atoms with Crippen LogP contribution in [0.25, 0.3) is 0 Å². The van der Waals surface area contributed by atoms with Crippen LogP contribution in [-0.2, 0) is 13.1 Å². The van der Waals surface area contributed by atoms with Gasteiger partial charge < -0.3 is 15.2 Å². The molecule has 0 saturated carbocycles. The minimum absolute atomic E-state index is 0.278.